The van der Waals surface area contributed by atoms with Gasteiger partial charge in [-0.05, 0) is 18.2 Å². The number of benzene rings is 1. The van der Waals surface area contributed by atoms with Crippen molar-refractivity contribution in [2.24, 2.45) is 11.7 Å². The van der Waals surface area contributed by atoms with Crippen LogP contribution in [0.1, 0.15) is 17.3 Å². The first-order chi connectivity index (χ1) is 8.32. The van der Waals surface area contributed by atoms with Gasteiger partial charge in [0.25, 0.3) is 5.91 Å². The van der Waals surface area contributed by atoms with E-state index in [1.807, 2.05) is 6.92 Å². The Morgan fingerprint density at radius 2 is 2.22 bits per heavy atom. The molecule has 1 aromatic carbocycles. The van der Waals surface area contributed by atoms with Gasteiger partial charge in [-0.1, -0.05) is 30.7 Å². The van der Waals surface area contributed by atoms with Gasteiger partial charge in [0.2, 0.25) is 0 Å². The molecule has 1 unspecified atom stereocenters. The van der Waals surface area contributed by atoms with Crippen molar-refractivity contribution in [3.8, 4) is 5.75 Å². The van der Waals surface area contributed by atoms with Gasteiger partial charge in [0.15, 0.2) is 0 Å². The maximum atomic E-state index is 12.1. The van der Waals surface area contributed by atoms with E-state index >= 15 is 0 Å². The normalized spacial score (nSPS) is 11.9. The molecule has 0 aliphatic heterocycles. The summed E-state index contributed by atoms with van der Waals surface area (Å²) in [6.07, 6.45) is 0. The molecular weight excluding hydrogens is 272 g/mol. The summed E-state index contributed by atoms with van der Waals surface area (Å²) >= 11 is 10.8. The molecule has 0 spiro atoms. The summed E-state index contributed by atoms with van der Waals surface area (Å²) in [4.78, 5) is 14.0. The second-order valence-electron chi connectivity index (χ2n) is 4.15. The van der Waals surface area contributed by atoms with Gasteiger partial charge in [-0.3, -0.25) is 4.79 Å². The first-order valence-electron chi connectivity index (χ1n) is 5.36. The van der Waals surface area contributed by atoms with Gasteiger partial charge in [-0.2, -0.15) is 0 Å². The Morgan fingerprint density at radius 3 is 2.78 bits per heavy atom. The summed E-state index contributed by atoms with van der Waals surface area (Å²) in [5.74, 6) is -0.359. The van der Waals surface area contributed by atoms with Crippen LogP contribution in [0.3, 0.4) is 0 Å². The third-order valence-corrected chi connectivity index (χ3v) is 3.29. The molecule has 1 rings (SSSR count). The highest BCUT2D eigenvalue weighted by molar-refractivity contribution is 7.80. The summed E-state index contributed by atoms with van der Waals surface area (Å²) in [5, 5.41) is 9.67. The van der Waals surface area contributed by atoms with Crippen molar-refractivity contribution >= 4 is 34.7 Å². The first kappa shape index (κ1) is 14.7. The van der Waals surface area contributed by atoms with Crippen molar-refractivity contribution in [3.05, 3.63) is 28.8 Å². The smallest absolute Gasteiger partial charge is 0.255 e. The number of hydrogen-bond acceptors (Lipinski definition) is 3. The molecule has 1 atom stereocenters. The summed E-state index contributed by atoms with van der Waals surface area (Å²) in [6.45, 7) is 2.25. The molecule has 18 heavy (non-hydrogen) atoms. The first-order valence-corrected chi connectivity index (χ1v) is 6.15. The number of halogens is 1. The minimum atomic E-state index is -0.279. The van der Waals surface area contributed by atoms with Gasteiger partial charge in [0.05, 0.1) is 15.6 Å². The Kier molecular flexibility index (Phi) is 4.93. The maximum Gasteiger partial charge on any atom is 0.255 e. The molecule has 98 valence electrons. The van der Waals surface area contributed by atoms with Crippen LogP contribution in [-0.4, -0.2) is 34.5 Å². The zero-order valence-electron chi connectivity index (χ0n) is 10.2. The number of hydrogen-bond donors (Lipinski definition) is 2. The van der Waals surface area contributed by atoms with Crippen LogP contribution in [0.4, 0.5) is 0 Å². The highest BCUT2D eigenvalue weighted by Crippen LogP contribution is 2.22. The molecule has 0 aliphatic carbocycles. The van der Waals surface area contributed by atoms with Crippen molar-refractivity contribution in [1.29, 1.82) is 0 Å². The summed E-state index contributed by atoms with van der Waals surface area (Å²) in [5.41, 5.74) is 5.76. The SMILES string of the molecule is CC(CN(C)C(=O)c1cc(O)ccc1Cl)C(N)=S. The average Bonchev–Trinajstić information content (AvgIpc) is 2.31. The lowest BCUT2D eigenvalue weighted by molar-refractivity contribution is 0.0786. The number of amides is 1. The van der Waals surface area contributed by atoms with Crippen LogP contribution in [0.2, 0.25) is 5.02 Å². The third kappa shape index (κ3) is 3.58. The molecule has 0 heterocycles. The zero-order chi connectivity index (χ0) is 13.9. The third-order valence-electron chi connectivity index (χ3n) is 2.56. The number of phenols is 1. The van der Waals surface area contributed by atoms with Crippen LogP contribution in [0.15, 0.2) is 18.2 Å². The number of thiocarbonyl (C=S) groups is 1. The monoisotopic (exact) mass is 286 g/mol. The molecule has 0 aliphatic rings. The number of rotatable bonds is 4. The lowest BCUT2D eigenvalue weighted by atomic mass is 10.1. The largest absolute Gasteiger partial charge is 0.508 e. The maximum absolute atomic E-state index is 12.1. The van der Waals surface area contributed by atoms with Gasteiger partial charge < -0.3 is 15.7 Å². The minimum absolute atomic E-state index is 0.00135. The van der Waals surface area contributed by atoms with E-state index in [2.05, 4.69) is 0 Å². The summed E-state index contributed by atoms with van der Waals surface area (Å²) in [7, 11) is 1.64. The molecule has 0 saturated heterocycles. The Balaban J connectivity index is 2.86. The van der Waals surface area contributed by atoms with Gasteiger partial charge in [-0.15, -0.1) is 0 Å². The van der Waals surface area contributed by atoms with Crippen LogP contribution < -0.4 is 5.73 Å². The van der Waals surface area contributed by atoms with E-state index in [9.17, 15) is 9.90 Å². The predicted octanol–water partition coefficient (Wildman–Crippen LogP) is 2.04. The standard InChI is InChI=1S/C12H15ClN2O2S/c1-7(11(14)18)6-15(2)12(17)9-5-8(16)3-4-10(9)13/h3-5,7,16H,6H2,1-2H3,(H2,14,18). The number of carbonyl (C=O) groups excluding carboxylic acids is 1. The average molecular weight is 287 g/mol. The highest BCUT2D eigenvalue weighted by Gasteiger charge is 2.18. The van der Waals surface area contributed by atoms with E-state index in [1.54, 1.807) is 7.05 Å². The van der Waals surface area contributed by atoms with Crippen LogP contribution in [-0.2, 0) is 0 Å². The topological polar surface area (TPSA) is 66.6 Å². The number of phenolic OH excluding ortho intramolecular Hbond substituents is 1. The van der Waals surface area contributed by atoms with Crippen LogP contribution in [0.25, 0.3) is 0 Å². The highest BCUT2D eigenvalue weighted by atomic mass is 35.5. The Hall–Kier alpha value is -1.33. The quantitative estimate of drug-likeness (QED) is 0.831. The lowest BCUT2D eigenvalue weighted by Gasteiger charge is -2.21. The van der Waals surface area contributed by atoms with Crippen LogP contribution in [0.5, 0.6) is 5.75 Å². The summed E-state index contributed by atoms with van der Waals surface area (Å²) in [6, 6.07) is 4.25. The van der Waals surface area contributed by atoms with E-state index in [4.69, 9.17) is 29.6 Å². The Bertz CT molecular complexity index is 479. The molecule has 1 aromatic rings. The molecule has 0 aromatic heterocycles. The molecule has 0 radical (unpaired) electrons. The van der Waals surface area contributed by atoms with Gasteiger partial charge >= 0.3 is 0 Å². The molecule has 0 fully saturated rings. The van der Waals surface area contributed by atoms with Gasteiger partial charge in [0.1, 0.15) is 5.75 Å². The van der Waals surface area contributed by atoms with Crippen molar-refractivity contribution < 1.29 is 9.90 Å². The molecule has 6 heteroatoms. The van der Waals surface area contributed by atoms with Gasteiger partial charge in [0, 0.05) is 19.5 Å². The van der Waals surface area contributed by atoms with E-state index in [0.29, 0.717) is 16.6 Å². The van der Waals surface area contributed by atoms with E-state index in [-0.39, 0.29) is 23.1 Å². The fourth-order valence-corrected chi connectivity index (χ4v) is 1.74. The number of aromatic hydroxyl groups is 1. The fraction of sp³-hybridized carbons (Fsp3) is 0.333. The van der Waals surface area contributed by atoms with Crippen molar-refractivity contribution in [2.75, 3.05) is 13.6 Å². The predicted molar refractivity (Wildman–Crippen MR) is 76.0 cm³/mol. The summed E-state index contributed by atoms with van der Waals surface area (Å²) < 4.78 is 0. The number of nitrogens with two attached hydrogens (primary N) is 1. The molecule has 0 saturated carbocycles. The van der Waals surface area contributed by atoms with Gasteiger partial charge in [-0.25, -0.2) is 0 Å². The minimum Gasteiger partial charge on any atom is -0.508 e. The number of carbonyl (C=O) groups is 1. The second kappa shape index (κ2) is 6.02. The lowest BCUT2D eigenvalue weighted by Crippen LogP contribution is -2.35. The van der Waals surface area contributed by atoms with E-state index in [1.165, 1.54) is 23.1 Å². The fourth-order valence-electron chi connectivity index (χ4n) is 1.47. The van der Waals surface area contributed by atoms with Crippen LogP contribution >= 0.6 is 23.8 Å². The Morgan fingerprint density at radius 1 is 1.61 bits per heavy atom. The molecule has 1 amide bonds. The molecule has 3 N–H and O–H groups in total. The van der Waals surface area contributed by atoms with Crippen LogP contribution in [0, 0.1) is 5.92 Å². The van der Waals surface area contributed by atoms with E-state index in [0.717, 1.165) is 0 Å². The second-order valence-corrected chi connectivity index (χ2v) is 5.03. The molecular formula is C12H15ClN2O2S. The Labute approximate surface area is 116 Å². The van der Waals surface area contributed by atoms with Crippen molar-refractivity contribution in [2.45, 2.75) is 6.92 Å². The molecule has 0 bridgehead atoms. The molecule has 4 nitrogen and oxygen atoms in total. The zero-order valence-corrected chi connectivity index (χ0v) is 11.8. The van der Waals surface area contributed by atoms with E-state index < -0.39 is 0 Å². The number of nitrogens with zero attached hydrogens (tertiary/aromatic N) is 1. The van der Waals surface area contributed by atoms with Crippen molar-refractivity contribution in [1.82, 2.24) is 4.90 Å². The van der Waals surface area contributed by atoms with Crippen molar-refractivity contribution in [3.63, 3.8) is 0 Å².